The highest BCUT2D eigenvalue weighted by Crippen LogP contribution is 2.44. The van der Waals surface area contributed by atoms with Crippen molar-refractivity contribution in [1.82, 2.24) is 0 Å². The van der Waals surface area contributed by atoms with E-state index in [1.165, 1.54) is 5.57 Å². The highest BCUT2D eigenvalue weighted by Gasteiger charge is 2.47. The van der Waals surface area contributed by atoms with Gasteiger partial charge in [0.2, 0.25) is 8.32 Å². The maximum Gasteiger partial charge on any atom is 0.200 e. The monoisotopic (exact) mass is 536 g/mol. The van der Waals surface area contributed by atoms with Crippen LogP contribution in [0.1, 0.15) is 73.8 Å². The van der Waals surface area contributed by atoms with Gasteiger partial charge in [0.15, 0.2) is 0 Å². The summed E-state index contributed by atoms with van der Waals surface area (Å²) in [6.07, 6.45) is 2.55. The second-order valence-corrected chi connectivity index (χ2v) is 16.4. The number of hydrogen-bond acceptors (Lipinski definition) is 6. The first-order valence-electron chi connectivity index (χ1n) is 13.6. The Kier molecular flexibility index (Phi) is 15.5. The Labute approximate surface area is 227 Å². The lowest BCUT2D eigenvalue weighted by Gasteiger charge is -2.45. The molecule has 0 aliphatic carbocycles. The topological polar surface area (TPSA) is 63.2 Å². The molecule has 0 N–H and O–H groups in total. The third-order valence-electron chi connectivity index (χ3n) is 7.45. The van der Waals surface area contributed by atoms with Crippen LogP contribution in [-0.4, -0.2) is 54.9 Å². The van der Waals surface area contributed by atoms with E-state index < -0.39 is 8.32 Å². The second-order valence-electron chi connectivity index (χ2n) is 11.0. The molecule has 0 aromatic heterocycles. The lowest BCUT2D eigenvalue weighted by atomic mass is 9.97. The smallest absolute Gasteiger partial charge is 0.200 e. The van der Waals surface area contributed by atoms with E-state index in [0.717, 1.165) is 36.0 Å². The molecule has 0 saturated heterocycles. The zero-order valence-corrected chi connectivity index (χ0v) is 26.0. The summed E-state index contributed by atoms with van der Waals surface area (Å²) in [5.41, 5.74) is 4.80. The van der Waals surface area contributed by atoms with E-state index in [4.69, 9.17) is 23.4 Å². The van der Waals surface area contributed by atoms with Gasteiger partial charge in [-0.05, 0) is 59.7 Å². The van der Waals surface area contributed by atoms with Crippen LogP contribution in [-0.2, 0) is 30.0 Å². The molecule has 0 saturated carbocycles. The first-order chi connectivity index (χ1) is 17.5. The molecule has 0 amide bonds. The van der Waals surface area contributed by atoms with Gasteiger partial charge in [-0.3, -0.25) is 0 Å². The average molecular weight is 537 g/mol. The maximum absolute atomic E-state index is 11.9. The predicted molar refractivity (Wildman–Crippen MR) is 154 cm³/mol. The van der Waals surface area contributed by atoms with Crippen LogP contribution < -0.4 is 4.74 Å². The van der Waals surface area contributed by atoms with Crippen LogP contribution in [0.4, 0.5) is 0 Å². The minimum absolute atomic E-state index is 0.104. The lowest BCUT2D eigenvalue weighted by molar-refractivity contribution is -0.113. The zero-order chi connectivity index (χ0) is 28.0. The highest BCUT2D eigenvalue weighted by molar-refractivity contribution is 6.77. The summed E-state index contributed by atoms with van der Waals surface area (Å²) in [6, 6.07) is 7.89. The van der Waals surface area contributed by atoms with Crippen molar-refractivity contribution in [3.63, 3.8) is 0 Å². The molecule has 6 nitrogen and oxygen atoms in total. The maximum atomic E-state index is 11.9. The van der Waals surface area contributed by atoms with E-state index in [1.54, 1.807) is 14.2 Å². The molecule has 0 fully saturated rings. The van der Waals surface area contributed by atoms with Gasteiger partial charge >= 0.3 is 0 Å². The molecule has 212 valence electrons. The van der Waals surface area contributed by atoms with Crippen molar-refractivity contribution in [3.05, 3.63) is 41.0 Å². The van der Waals surface area contributed by atoms with Crippen molar-refractivity contribution in [2.24, 2.45) is 5.92 Å². The molecular weight excluding hydrogens is 484 g/mol. The Morgan fingerprint density at radius 3 is 1.95 bits per heavy atom. The number of aldehydes is 1. The molecule has 1 aromatic carbocycles. The van der Waals surface area contributed by atoms with Crippen LogP contribution >= 0.6 is 0 Å². The summed E-state index contributed by atoms with van der Waals surface area (Å²) in [5, 5.41) is 0. The Morgan fingerprint density at radius 1 is 0.892 bits per heavy atom. The number of carbonyl (C=O) groups excluding carboxylic acids is 1. The predicted octanol–water partition coefficient (Wildman–Crippen LogP) is 7.32. The lowest BCUT2D eigenvalue weighted by Crippen LogP contribution is -2.51. The Bertz CT molecular complexity index is 781. The number of carbonyl (C=O) groups is 1. The van der Waals surface area contributed by atoms with Crippen LogP contribution in [0.25, 0.3) is 0 Å². The van der Waals surface area contributed by atoms with E-state index >= 15 is 0 Å². The highest BCUT2D eigenvalue weighted by atomic mass is 28.4. The molecule has 0 bridgehead atoms. The molecule has 37 heavy (non-hydrogen) atoms. The van der Waals surface area contributed by atoms with Gasteiger partial charge in [-0.15, -0.1) is 0 Å². The fraction of sp³-hybridized carbons (Fsp3) is 0.700. The van der Waals surface area contributed by atoms with Crippen molar-refractivity contribution in [2.45, 2.75) is 97.6 Å². The van der Waals surface area contributed by atoms with Crippen LogP contribution in [0.2, 0.25) is 16.6 Å². The molecule has 0 aliphatic rings. The van der Waals surface area contributed by atoms with Crippen LogP contribution in [0.5, 0.6) is 5.75 Å². The van der Waals surface area contributed by atoms with E-state index in [0.29, 0.717) is 36.4 Å². The van der Waals surface area contributed by atoms with Crippen LogP contribution in [0.15, 0.2) is 35.4 Å². The van der Waals surface area contributed by atoms with E-state index in [1.807, 2.05) is 31.2 Å². The van der Waals surface area contributed by atoms with Crippen molar-refractivity contribution in [3.8, 4) is 5.75 Å². The fourth-order valence-electron chi connectivity index (χ4n) is 5.27. The molecule has 2 atom stereocenters. The Morgan fingerprint density at radius 2 is 1.46 bits per heavy atom. The van der Waals surface area contributed by atoms with Crippen LogP contribution in [0, 0.1) is 5.92 Å². The molecule has 0 unspecified atom stereocenters. The minimum atomic E-state index is -2.11. The van der Waals surface area contributed by atoms with Gasteiger partial charge in [0.1, 0.15) is 18.8 Å². The third kappa shape index (κ3) is 10.3. The first-order valence-corrected chi connectivity index (χ1v) is 15.7. The van der Waals surface area contributed by atoms with Gasteiger partial charge in [0.05, 0.1) is 33.0 Å². The summed E-state index contributed by atoms with van der Waals surface area (Å²) in [6.45, 7) is 19.5. The quantitative estimate of drug-likeness (QED) is 0.0607. The summed E-state index contributed by atoms with van der Waals surface area (Å²) < 4.78 is 29.1. The molecule has 0 spiro atoms. The van der Waals surface area contributed by atoms with Crippen molar-refractivity contribution >= 4 is 14.6 Å². The number of benzene rings is 1. The van der Waals surface area contributed by atoms with Crippen molar-refractivity contribution < 1.29 is 28.2 Å². The van der Waals surface area contributed by atoms with Gasteiger partial charge in [-0.1, -0.05) is 66.2 Å². The normalized spacial score (nSPS) is 14.7. The average Bonchev–Trinajstić information content (AvgIpc) is 2.87. The van der Waals surface area contributed by atoms with E-state index in [9.17, 15) is 4.79 Å². The first kappa shape index (κ1) is 33.5. The number of rotatable bonds is 19. The van der Waals surface area contributed by atoms with Crippen LogP contribution in [0.3, 0.4) is 0 Å². The largest absolute Gasteiger partial charge is 0.497 e. The molecule has 0 radical (unpaired) electrons. The van der Waals surface area contributed by atoms with Gasteiger partial charge in [0.25, 0.3) is 0 Å². The van der Waals surface area contributed by atoms with Crippen molar-refractivity contribution in [2.75, 3.05) is 34.2 Å². The zero-order valence-electron chi connectivity index (χ0n) is 25.0. The summed E-state index contributed by atoms with van der Waals surface area (Å²) in [5.74, 6) is 0.671. The summed E-state index contributed by atoms with van der Waals surface area (Å²) in [7, 11) is 1.17. The molecule has 7 heteroatoms. The van der Waals surface area contributed by atoms with Gasteiger partial charge < -0.3 is 28.2 Å². The SMILES string of the molecule is COCOC/C(COCc1ccc(OC)cc1)=C(/C)CC[C@H](O[Si](C(C)C)(C(C)C)C(C)C)[C@@H](C)C=O. The number of allylic oxidation sites excluding steroid dienone is 1. The van der Waals surface area contributed by atoms with Gasteiger partial charge in [0, 0.05) is 13.0 Å². The third-order valence-corrected chi connectivity index (χ3v) is 13.6. The summed E-state index contributed by atoms with van der Waals surface area (Å²) >= 11 is 0. The van der Waals surface area contributed by atoms with E-state index in [-0.39, 0.29) is 18.8 Å². The fourth-order valence-corrected chi connectivity index (χ4v) is 10.9. The standard InChI is InChI=1S/C30H52O6Si/c1-22(2)37(23(3)4,24(5)6)36-30(26(8)17-31)16-11-25(7)28(20-35-21-32-9)19-34-18-27-12-14-29(33-10)15-13-27/h12-15,17,22-24,26,30H,11,16,18-21H2,1-10H3/b28-25-/t26-,30-/m0/s1. The minimum Gasteiger partial charge on any atom is -0.497 e. The molecule has 0 aliphatic heterocycles. The summed E-state index contributed by atoms with van der Waals surface area (Å²) in [4.78, 5) is 11.9. The number of ether oxygens (including phenoxy) is 4. The second kappa shape index (κ2) is 17.1. The Balaban J connectivity index is 3.01. The Hall–Kier alpha value is -1.51. The molecule has 0 heterocycles. The number of methoxy groups -OCH3 is 2. The molecule has 1 aromatic rings. The van der Waals surface area contributed by atoms with Gasteiger partial charge in [-0.25, -0.2) is 0 Å². The van der Waals surface area contributed by atoms with Crippen molar-refractivity contribution in [1.29, 1.82) is 0 Å². The number of hydrogen-bond donors (Lipinski definition) is 0. The van der Waals surface area contributed by atoms with E-state index in [2.05, 4.69) is 48.5 Å². The molecule has 1 rings (SSSR count). The van der Waals surface area contributed by atoms with Gasteiger partial charge in [-0.2, -0.15) is 0 Å². The molecular formula is C30H52O6Si.